The fourth-order valence-electron chi connectivity index (χ4n) is 2.43. The van der Waals surface area contributed by atoms with Gasteiger partial charge in [-0.25, -0.2) is 0 Å². The molecule has 4 nitrogen and oxygen atoms in total. The van der Waals surface area contributed by atoms with Crippen molar-refractivity contribution in [2.75, 3.05) is 26.3 Å². The predicted octanol–water partition coefficient (Wildman–Crippen LogP) is 1.31. The van der Waals surface area contributed by atoms with E-state index in [4.69, 9.17) is 4.74 Å². The molecule has 18 heavy (non-hydrogen) atoms. The first-order valence-corrected chi connectivity index (χ1v) is 7.34. The zero-order valence-electron chi connectivity index (χ0n) is 11.4. The molecular formula is C14H26N2O2. The Morgan fingerprint density at radius 3 is 2.94 bits per heavy atom. The molecular weight excluding hydrogens is 228 g/mol. The number of ether oxygens (including phenoxy) is 1. The molecule has 1 saturated carbocycles. The Bertz CT molecular complexity index is 267. The summed E-state index contributed by atoms with van der Waals surface area (Å²) in [6.45, 7) is 5.55. The summed E-state index contributed by atoms with van der Waals surface area (Å²) >= 11 is 0. The molecule has 0 spiro atoms. The van der Waals surface area contributed by atoms with E-state index in [1.807, 2.05) is 0 Å². The van der Waals surface area contributed by atoms with Crippen molar-refractivity contribution in [1.29, 1.82) is 0 Å². The van der Waals surface area contributed by atoms with Crippen LogP contribution in [0.15, 0.2) is 0 Å². The van der Waals surface area contributed by atoms with E-state index in [1.165, 1.54) is 12.8 Å². The topological polar surface area (TPSA) is 50.4 Å². The van der Waals surface area contributed by atoms with Gasteiger partial charge in [0, 0.05) is 31.7 Å². The molecule has 1 heterocycles. The molecule has 1 amide bonds. The fourth-order valence-corrected chi connectivity index (χ4v) is 2.43. The number of carbonyl (C=O) groups is 1. The van der Waals surface area contributed by atoms with E-state index in [9.17, 15) is 4.79 Å². The average Bonchev–Trinajstić information content (AvgIpc) is 3.17. The molecule has 2 fully saturated rings. The van der Waals surface area contributed by atoms with Crippen molar-refractivity contribution in [3.05, 3.63) is 0 Å². The first kappa shape index (κ1) is 13.8. The van der Waals surface area contributed by atoms with Crippen molar-refractivity contribution in [3.8, 4) is 0 Å². The molecule has 104 valence electrons. The third-order valence-electron chi connectivity index (χ3n) is 3.81. The van der Waals surface area contributed by atoms with Crippen LogP contribution in [-0.2, 0) is 9.53 Å². The van der Waals surface area contributed by atoms with Crippen LogP contribution >= 0.6 is 0 Å². The number of rotatable bonds is 7. The third-order valence-corrected chi connectivity index (χ3v) is 3.81. The van der Waals surface area contributed by atoms with Crippen LogP contribution in [0.25, 0.3) is 0 Å². The zero-order valence-corrected chi connectivity index (χ0v) is 11.4. The lowest BCUT2D eigenvalue weighted by Gasteiger charge is -2.27. The molecule has 1 aliphatic carbocycles. The van der Waals surface area contributed by atoms with E-state index in [2.05, 4.69) is 17.6 Å². The van der Waals surface area contributed by atoms with Crippen LogP contribution < -0.4 is 10.6 Å². The van der Waals surface area contributed by atoms with Crippen molar-refractivity contribution in [3.63, 3.8) is 0 Å². The SMILES string of the molecule is CC1CC(C(=O)NCCCOCC2CC2)CCN1. The maximum absolute atomic E-state index is 11.9. The maximum Gasteiger partial charge on any atom is 0.223 e. The summed E-state index contributed by atoms with van der Waals surface area (Å²) in [6, 6.07) is 0.469. The Kier molecular flexibility index (Phi) is 5.45. The van der Waals surface area contributed by atoms with E-state index in [1.54, 1.807) is 0 Å². The van der Waals surface area contributed by atoms with Crippen LogP contribution in [-0.4, -0.2) is 38.3 Å². The minimum Gasteiger partial charge on any atom is -0.381 e. The van der Waals surface area contributed by atoms with Gasteiger partial charge in [-0.3, -0.25) is 4.79 Å². The molecule has 1 aliphatic heterocycles. The van der Waals surface area contributed by atoms with E-state index in [0.717, 1.165) is 51.5 Å². The van der Waals surface area contributed by atoms with Gasteiger partial charge in [0.1, 0.15) is 0 Å². The Morgan fingerprint density at radius 1 is 1.39 bits per heavy atom. The average molecular weight is 254 g/mol. The lowest BCUT2D eigenvalue weighted by atomic mass is 9.92. The van der Waals surface area contributed by atoms with Gasteiger partial charge in [-0.1, -0.05) is 0 Å². The molecule has 2 rings (SSSR count). The molecule has 2 N–H and O–H groups in total. The Morgan fingerprint density at radius 2 is 2.22 bits per heavy atom. The summed E-state index contributed by atoms with van der Waals surface area (Å²) in [5, 5.41) is 6.40. The van der Waals surface area contributed by atoms with Crippen molar-refractivity contribution < 1.29 is 9.53 Å². The largest absolute Gasteiger partial charge is 0.381 e. The molecule has 0 aromatic carbocycles. The van der Waals surface area contributed by atoms with Gasteiger partial charge in [0.15, 0.2) is 0 Å². The number of hydrogen-bond donors (Lipinski definition) is 2. The third kappa shape index (κ3) is 4.94. The van der Waals surface area contributed by atoms with Crippen LogP contribution in [0.5, 0.6) is 0 Å². The molecule has 0 bridgehead atoms. The van der Waals surface area contributed by atoms with Gasteiger partial charge in [-0.05, 0) is 51.5 Å². The van der Waals surface area contributed by atoms with Gasteiger partial charge in [0.05, 0.1) is 0 Å². The quantitative estimate of drug-likeness (QED) is 0.673. The summed E-state index contributed by atoms with van der Waals surface area (Å²) in [6.07, 6.45) is 5.53. The van der Waals surface area contributed by atoms with Crippen molar-refractivity contribution >= 4 is 5.91 Å². The minimum atomic E-state index is 0.202. The van der Waals surface area contributed by atoms with Gasteiger partial charge in [0.25, 0.3) is 0 Å². The van der Waals surface area contributed by atoms with Crippen LogP contribution in [0.1, 0.15) is 39.0 Å². The van der Waals surface area contributed by atoms with Crippen LogP contribution in [0.2, 0.25) is 0 Å². The van der Waals surface area contributed by atoms with Gasteiger partial charge in [-0.2, -0.15) is 0 Å². The number of amides is 1. The van der Waals surface area contributed by atoms with Crippen molar-refractivity contribution in [1.82, 2.24) is 10.6 Å². The van der Waals surface area contributed by atoms with E-state index in [-0.39, 0.29) is 11.8 Å². The van der Waals surface area contributed by atoms with E-state index in [0.29, 0.717) is 6.04 Å². The molecule has 2 atom stereocenters. The maximum atomic E-state index is 11.9. The van der Waals surface area contributed by atoms with E-state index >= 15 is 0 Å². The molecule has 2 aliphatic rings. The standard InChI is InChI=1S/C14H26N2O2/c1-11-9-13(5-7-15-11)14(17)16-6-2-8-18-10-12-3-4-12/h11-13,15H,2-10H2,1H3,(H,16,17). The molecule has 1 saturated heterocycles. The first-order valence-electron chi connectivity index (χ1n) is 7.34. The number of piperidine rings is 1. The smallest absolute Gasteiger partial charge is 0.223 e. The Labute approximate surface area is 110 Å². The molecule has 0 aromatic heterocycles. The summed E-state index contributed by atoms with van der Waals surface area (Å²) in [4.78, 5) is 11.9. The van der Waals surface area contributed by atoms with Gasteiger partial charge in [-0.15, -0.1) is 0 Å². The number of carbonyl (C=O) groups excluding carboxylic acids is 1. The lowest BCUT2D eigenvalue weighted by molar-refractivity contribution is -0.126. The van der Waals surface area contributed by atoms with Crippen molar-refractivity contribution in [2.45, 2.75) is 45.1 Å². The summed E-state index contributed by atoms with van der Waals surface area (Å²) in [5.41, 5.74) is 0. The summed E-state index contributed by atoms with van der Waals surface area (Å²) < 4.78 is 5.54. The lowest BCUT2D eigenvalue weighted by Crippen LogP contribution is -2.42. The second-order valence-electron chi connectivity index (χ2n) is 5.74. The summed E-state index contributed by atoms with van der Waals surface area (Å²) in [7, 11) is 0. The summed E-state index contributed by atoms with van der Waals surface area (Å²) in [5.74, 6) is 1.26. The first-order chi connectivity index (χ1) is 8.75. The van der Waals surface area contributed by atoms with Gasteiger partial charge >= 0.3 is 0 Å². The molecule has 0 radical (unpaired) electrons. The normalized spacial score (nSPS) is 28.1. The minimum absolute atomic E-state index is 0.202. The monoisotopic (exact) mass is 254 g/mol. The zero-order chi connectivity index (χ0) is 12.8. The van der Waals surface area contributed by atoms with Crippen LogP contribution in [0.4, 0.5) is 0 Å². The van der Waals surface area contributed by atoms with Crippen molar-refractivity contribution in [2.24, 2.45) is 11.8 Å². The fraction of sp³-hybridized carbons (Fsp3) is 0.929. The number of hydrogen-bond acceptors (Lipinski definition) is 3. The van der Waals surface area contributed by atoms with E-state index < -0.39 is 0 Å². The van der Waals surface area contributed by atoms with Gasteiger partial charge in [0.2, 0.25) is 5.91 Å². The Hall–Kier alpha value is -0.610. The van der Waals surface area contributed by atoms with Crippen LogP contribution in [0, 0.1) is 11.8 Å². The second-order valence-corrected chi connectivity index (χ2v) is 5.74. The highest BCUT2D eigenvalue weighted by atomic mass is 16.5. The number of nitrogens with one attached hydrogen (secondary N) is 2. The molecule has 0 aromatic rings. The predicted molar refractivity (Wildman–Crippen MR) is 71.4 cm³/mol. The molecule has 4 heteroatoms. The highest BCUT2D eigenvalue weighted by Crippen LogP contribution is 2.28. The van der Waals surface area contributed by atoms with Crippen LogP contribution in [0.3, 0.4) is 0 Å². The highest BCUT2D eigenvalue weighted by molar-refractivity contribution is 5.78. The second kappa shape index (κ2) is 7.10. The highest BCUT2D eigenvalue weighted by Gasteiger charge is 2.24. The van der Waals surface area contributed by atoms with Gasteiger partial charge < -0.3 is 15.4 Å². The molecule has 2 unspecified atom stereocenters. The Balaban J connectivity index is 1.48.